The van der Waals surface area contributed by atoms with Crippen LogP contribution in [0.4, 0.5) is 0 Å². The first-order valence-corrected chi connectivity index (χ1v) is 11.1. The van der Waals surface area contributed by atoms with E-state index in [-0.39, 0.29) is 30.9 Å². The quantitative estimate of drug-likeness (QED) is 0.508. The average Bonchev–Trinajstić information content (AvgIpc) is 2.72. The van der Waals surface area contributed by atoms with Gasteiger partial charge in [-0.05, 0) is 55.7 Å². The van der Waals surface area contributed by atoms with Gasteiger partial charge < -0.3 is 15.0 Å². The number of hydrogen-bond donors (Lipinski definition) is 1. The molecule has 0 heterocycles. The van der Waals surface area contributed by atoms with Gasteiger partial charge in [0, 0.05) is 33.7 Å². The molecule has 2 amide bonds. The molecule has 0 unspecified atom stereocenters. The molecule has 2 rings (SSSR count). The highest BCUT2D eigenvalue weighted by Gasteiger charge is 2.28. The highest BCUT2D eigenvalue weighted by Crippen LogP contribution is 2.27. The molecule has 0 saturated carbocycles. The molecule has 0 radical (unpaired) electrons. The second-order valence-corrected chi connectivity index (χ2v) is 8.96. The van der Waals surface area contributed by atoms with Crippen LogP contribution in [0.15, 0.2) is 36.4 Å². The normalized spacial score (nSPS) is 11.9. The Bertz CT molecular complexity index is 914. The predicted molar refractivity (Wildman–Crippen MR) is 126 cm³/mol. The maximum absolute atomic E-state index is 13.1. The molecular weight excluding hydrogens is 459 g/mol. The van der Waals surface area contributed by atoms with E-state index in [4.69, 9.17) is 39.5 Å². The number of carbonyl (C=O) groups excluding carboxylic acids is 2. The lowest BCUT2D eigenvalue weighted by Crippen LogP contribution is -2.49. The van der Waals surface area contributed by atoms with Gasteiger partial charge in [-0.1, -0.05) is 54.7 Å². The Hall–Kier alpha value is -1.95. The van der Waals surface area contributed by atoms with Gasteiger partial charge in [0.1, 0.15) is 11.8 Å². The molecule has 2 aromatic rings. The second-order valence-electron chi connectivity index (χ2n) is 7.74. The van der Waals surface area contributed by atoms with Gasteiger partial charge in [-0.25, -0.2) is 0 Å². The van der Waals surface area contributed by atoms with E-state index in [2.05, 4.69) is 5.32 Å². The van der Waals surface area contributed by atoms with Gasteiger partial charge in [-0.2, -0.15) is 0 Å². The van der Waals surface area contributed by atoms with Crippen molar-refractivity contribution in [1.29, 1.82) is 0 Å². The SMILES string of the molecule is Cc1cc(OCC(=O)N(Cc2c(Cl)cccc2Cl)[C@@H](C)C(=O)NCC(C)C)ccc1Cl. The van der Waals surface area contributed by atoms with E-state index < -0.39 is 6.04 Å². The van der Waals surface area contributed by atoms with Crippen molar-refractivity contribution in [2.24, 2.45) is 5.92 Å². The van der Waals surface area contributed by atoms with Gasteiger partial charge in [0.25, 0.3) is 5.91 Å². The maximum Gasteiger partial charge on any atom is 0.261 e. The topological polar surface area (TPSA) is 58.6 Å². The molecule has 0 aliphatic heterocycles. The van der Waals surface area contributed by atoms with E-state index in [0.29, 0.717) is 32.9 Å². The average molecular weight is 486 g/mol. The Morgan fingerprint density at radius 1 is 1.03 bits per heavy atom. The molecule has 8 heteroatoms. The third kappa shape index (κ3) is 7.30. The number of hydrogen-bond acceptors (Lipinski definition) is 3. The van der Waals surface area contributed by atoms with E-state index >= 15 is 0 Å². The molecular formula is C23H27Cl3N2O3. The molecule has 31 heavy (non-hydrogen) atoms. The molecule has 0 bridgehead atoms. The van der Waals surface area contributed by atoms with Crippen LogP contribution in [-0.2, 0) is 16.1 Å². The Morgan fingerprint density at radius 3 is 2.26 bits per heavy atom. The molecule has 1 N–H and O–H groups in total. The molecule has 0 fully saturated rings. The number of aryl methyl sites for hydroxylation is 1. The van der Waals surface area contributed by atoms with Gasteiger partial charge in [-0.3, -0.25) is 9.59 Å². The number of halogens is 3. The first kappa shape index (κ1) is 25.3. The van der Waals surface area contributed by atoms with E-state index in [0.717, 1.165) is 5.56 Å². The van der Waals surface area contributed by atoms with Crippen molar-refractivity contribution in [3.63, 3.8) is 0 Å². The molecule has 0 aliphatic rings. The van der Waals surface area contributed by atoms with Crippen molar-refractivity contribution < 1.29 is 14.3 Å². The summed E-state index contributed by atoms with van der Waals surface area (Å²) < 4.78 is 5.66. The molecule has 0 saturated heterocycles. The van der Waals surface area contributed by atoms with Gasteiger partial charge in [0.2, 0.25) is 5.91 Å². The minimum atomic E-state index is -0.742. The Kier molecular flexibility index (Phi) is 9.48. The standard InChI is InChI=1S/C23H27Cl3N2O3/c1-14(2)11-27-23(30)16(4)28(12-18-20(25)6-5-7-21(18)26)22(29)13-31-17-8-9-19(24)15(3)10-17/h5-10,14,16H,11-13H2,1-4H3,(H,27,30)/t16-/m0/s1. The Morgan fingerprint density at radius 2 is 1.68 bits per heavy atom. The summed E-state index contributed by atoms with van der Waals surface area (Å²) in [5.41, 5.74) is 1.41. The first-order chi connectivity index (χ1) is 14.6. The molecule has 168 valence electrons. The number of nitrogens with zero attached hydrogens (tertiary/aromatic N) is 1. The van der Waals surface area contributed by atoms with E-state index in [1.54, 1.807) is 43.3 Å². The number of rotatable bonds is 9. The minimum absolute atomic E-state index is 0.0800. The number of nitrogens with one attached hydrogen (secondary N) is 1. The van der Waals surface area contributed by atoms with Crippen molar-refractivity contribution in [1.82, 2.24) is 10.2 Å². The van der Waals surface area contributed by atoms with Gasteiger partial charge in [-0.15, -0.1) is 0 Å². The summed E-state index contributed by atoms with van der Waals surface area (Å²) >= 11 is 18.6. The van der Waals surface area contributed by atoms with Crippen LogP contribution in [0.5, 0.6) is 5.75 Å². The van der Waals surface area contributed by atoms with E-state index in [1.807, 2.05) is 20.8 Å². The zero-order chi connectivity index (χ0) is 23.1. The lowest BCUT2D eigenvalue weighted by atomic mass is 10.1. The smallest absolute Gasteiger partial charge is 0.261 e. The van der Waals surface area contributed by atoms with Crippen molar-refractivity contribution >= 4 is 46.6 Å². The van der Waals surface area contributed by atoms with E-state index in [9.17, 15) is 9.59 Å². The second kappa shape index (κ2) is 11.6. The number of benzene rings is 2. The number of ether oxygens (including phenoxy) is 1. The summed E-state index contributed by atoms with van der Waals surface area (Å²) in [6.07, 6.45) is 0. The Balaban J connectivity index is 2.21. The molecule has 1 atom stereocenters. The lowest BCUT2D eigenvalue weighted by Gasteiger charge is -2.29. The summed E-state index contributed by atoms with van der Waals surface area (Å²) in [6, 6.07) is 9.53. The highest BCUT2D eigenvalue weighted by molar-refractivity contribution is 6.36. The van der Waals surface area contributed by atoms with Crippen LogP contribution in [0, 0.1) is 12.8 Å². The molecule has 0 spiro atoms. The van der Waals surface area contributed by atoms with Crippen molar-refractivity contribution in [2.45, 2.75) is 40.3 Å². The first-order valence-electron chi connectivity index (χ1n) is 9.99. The van der Waals surface area contributed by atoms with Crippen molar-refractivity contribution in [3.8, 4) is 5.75 Å². The molecule has 5 nitrogen and oxygen atoms in total. The third-order valence-corrected chi connectivity index (χ3v) is 5.87. The summed E-state index contributed by atoms with van der Waals surface area (Å²) in [6.45, 7) is 7.87. The zero-order valence-corrected chi connectivity index (χ0v) is 20.3. The summed E-state index contributed by atoms with van der Waals surface area (Å²) in [5.74, 6) is 0.182. The molecule has 0 aromatic heterocycles. The Labute approximate surface area is 198 Å². The van der Waals surface area contributed by atoms with Crippen LogP contribution in [0.25, 0.3) is 0 Å². The lowest BCUT2D eigenvalue weighted by molar-refractivity contribution is -0.142. The summed E-state index contributed by atoms with van der Waals surface area (Å²) in [5, 5.41) is 4.33. The van der Waals surface area contributed by atoms with Crippen molar-refractivity contribution in [2.75, 3.05) is 13.2 Å². The fourth-order valence-electron chi connectivity index (χ4n) is 2.82. The monoisotopic (exact) mass is 484 g/mol. The van der Waals surface area contributed by atoms with Crippen LogP contribution in [0.2, 0.25) is 15.1 Å². The molecule has 0 aliphatic carbocycles. The molecule has 2 aromatic carbocycles. The largest absolute Gasteiger partial charge is 0.484 e. The van der Waals surface area contributed by atoms with Gasteiger partial charge in [0.15, 0.2) is 6.61 Å². The fraction of sp³-hybridized carbons (Fsp3) is 0.391. The maximum atomic E-state index is 13.1. The van der Waals surface area contributed by atoms with E-state index in [1.165, 1.54) is 4.90 Å². The van der Waals surface area contributed by atoms with Gasteiger partial charge >= 0.3 is 0 Å². The van der Waals surface area contributed by atoms with Crippen LogP contribution >= 0.6 is 34.8 Å². The van der Waals surface area contributed by atoms with Crippen molar-refractivity contribution in [3.05, 3.63) is 62.6 Å². The van der Waals surface area contributed by atoms with Crippen LogP contribution < -0.4 is 10.1 Å². The van der Waals surface area contributed by atoms with Crippen LogP contribution in [-0.4, -0.2) is 35.9 Å². The highest BCUT2D eigenvalue weighted by atomic mass is 35.5. The third-order valence-electron chi connectivity index (χ3n) is 4.73. The van der Waals surface area contributed by atoms with Gasteiger partial charge in [0.05, 0.1) is 0 Å². The summed E-state index contributed by atoms with van der Waals surface area (Å²) in [7, 11) is 0. The number of amides is 2. The van der Waals surface area contributed by atoms with Crippen LogP contribution in [0.1, 0.15) is 31.9 Å². The summed E-state index contributed by atoms with van der Waals surface area (Å²) in [4.78, 5) is 27.2. The minimum Gasteiger partial charge on any atom is -0.484 e. The predicted octanol–water partition coefficient (Wildman–Crippen LogP) is 5.52. The zero-order valence-electron chi connectivity index (χ0n) is 18.0. The number of carbonyl (C=O) groups is 2. The van der Waals surface area contributed by atoms with Crippen LogP contribution in [0.3, 0.4) is 0 Å². The fourth-order valence-corrected chi connectivity index (χ4v) is 3.46.